The van der Waals surface area contributed by atoms with Gasteiger partial charge < -0.3 is 5.32 Å². The standard InChI is InChI=1S/C11H15N5S/c1-8(12-2)10-5-4-9(6-13-10)17-11-14-7-15-16(11)3/h4-8,12H,1-3H3. The maximum atomic E-state index is 4.42. The van der Waals surface area contributed by atoms with Gasteiger partial charge >= 0.3 is 0 Å². The van der Waals surface area contributed by atoms with Crippen LogP contribution >= 0.6 is 11.8 Å². The van der Waals surface area contributed by atoms with Crippen LogP contribution in [0, 0.1) is 0 Å². The lowest BCUT2D eigenvalue weighted by atomic mass is 10.2. The van der Waals surface area contributed by atoms with E-state index in [0.29, 0.717) is 0 Å². The van der Waals surface area contributed by atoms with Crippen LogP contribution in [0.2, 0.25) is 0 Å². The Labute approximate surface area is 105 Å². The lowest BCUT2D eigenvalue weighted by Gasteiger charge is -2.09. The molecule has 1 unspecified atom stereocenters. The zero-order chi connectivity index (χ0) is 12.3. The van der Waals surface area contributed by atoms with E-state index in [0.717, 1.165) is 15.7 Å². The molecule has 1 atom stereocenters. The zero-order valence-corrected chi connectivity index (χ0v) is 10.9. The van der Waals surface area contributed by atoms with E-state index in [1.807, 2.05) is 26.4 Å². The fraction of sp³-hybridized carbons (Fsp3) is 0.364. The number of aromatic nitrogens is 4. The second-order valence-corrected chi connectivity index (χ2v) is 4.74. The highest BCUT2D eigenvalue weighted by Crippen LogP contribution is 2.24. The quantitative estimate of drug-likeness (QED) is 0.892. The topological polar surface area (TPSA) is 55.6 Å². The van der Waals surface area contributed by atoms with Crippen LogP contribution in [0.15, 0.2) is 34.7 Å². The molecule has 0 amide bonds. The summed E-state index contributed by atoms with van der Waals surface area (Å²) in [5.74, 6) is 0. The van der Waals surface area contributed by atoms with Gasteiger partial charge in [-0.3, -0.25) is 4.98 Å². The van der Waals surface area contributed by atoms with Gasteiger partial charge in [0, 0.05) is 24.2 Å². The Balaban J connectivity index is 2.11. The summed E-state index contributed by atoms with van der Waals surface area (Å²) in [5.41, 5.74) is 1.04. The van der Waals surface area contributed by atoms with E-state index in [1.165, 1.54) is 0 Å². The monoisotopic (exact) mass is 249 g/mol. The van der Waals surface area contributed by atoms with E-state index in [9.17, 15) is 0 Å². The van der Waals surface area contributed by atoms with Gasteiger partial charge in [0.15, 0.2) is 5.16 Å². The van der Waals surface area contributed by atoms with Gasteiger partial charge in [0.25, 0.3) is 0 Å². The Bertz CT molecular complexity index is 479. The average molecular weight is 249 g/mol. The summed E-state index contributed by atoms with van der Waals surface area (Å²) in [6, 6.07) is 4.35. The Morgan fingerprint density at radius 3 is 2.71 bits per heavy atom. The van der Waals surface area contributed by atoms with Crippen molar-refractivity contribution in [2.24, 2.45) is 7.05 Å². The lowest BCUT2D eigenvalue weighted by molar-refractivity contribution is 0.631. The Kier molecular flexibility index (Phi) is 3.75. The Morgan fingerprint density at radius 1 is 1.35 bits per heavy atom. The summed E-state index contributed by atoms with van der Waals surface area (Å²) in [4.78, 5) is 9.64. The van der Waals surface area contributed by atoms with E-state index in [1.54, 1.807) is 22.8 Å². The molecule has 2 heterocycles. The minimum Gasteiger partial charge on any atom is -0.312 e. The molecule has 0 saturated carbocycles. The van der Waals surface area contributed by atoms with E-state index >= 15 is 0 Å². The van der Waals surface area contributed by atoms with Gasteiger partial charge in [-0.25, -0.2) is 9.67 Å². The number of rotatable bonds is 4. The molecule has 2 aromatic heterocycles. The van der Waals surface area contributed by atoms with Gasteiger partial charge in [0.05, 0.1) is 5.69 Å². The predicted molar refractivity (Wildman–Crippen MR) is 66.8 cm³/mol. The van der Waals surface area contributed by atoms with Crippen LogP contribution in [-0.4, -0.2) is 26.8 Å². The first-order chi connectivity index (χ1) is 8.20. The van der Waals surface area contributed by atoms with E-state index in [2.05, 4.69) is 33.4 Å². The van der Waals surface area contributed by atoms with Crippen molar-refractivity contribution in [2.45, 2.75) is 23.0 Å². The molecule has 6 heteroatoms. The van der Waals surface area contributed by atoms with Crippen LogP contribution in [0.4, 0.5) is 0 Å². The van der Waals surface area contributed by atoms with Crippen molar-refractivity contribution in [1.29, 1.82) is 0 Å². The molecule has 90 valence electrons. The number of nitrogens with one attached hydrogen (secondary N) is 1. The first-order valence-electron chi connectivity index (χ1n) is 5.35. The van der Waals surface area contributed by atoms with Crippen LogP contribution in [0.3, 0.4) is 0 Å². The number of aryl methyl sites for hydroxylation is 1. The molecule has 0 fully saturated rings. The highest BCUT2D eigenvalue weighted by atomic mass is 32.2. The predicted octanol–water partition coefficient (Wildman–Crippen LogP) is 1.64. The second-order valence-electron chi connectivity index (χ2n) is 3.70. The molecule has 2 rings (SSSR count). The third-order valence-electron chi connectivity index (χ3n) is 2.51. The van der Waals surface area contributed by atoms with Gasteiger partial charge in [-0.1, -0.05) is 0 Å². The first kappa shape index (κ1) is 12.1. The minimum absolute atomic E-state index is 0.267. The molecule has 0 aliphatic rings. The zero-order valence-electron chi connectivity index (χ0n) is 10.1. The molecule has 0 bridgehead atoms. The SMILES string of the molecule is CNC(C)c1ccc(Sc2ncnn2C)cn1. The summed E-state index contributed by atoms with van der Waals surface area (Å²) in [7, 11) is 3.80. The molecule has 17 heavy (non-hydrogen) atoms. The van der Waals surface area contributed by atoms with E-state index in [-0.39, 0.29) is 6.04 Å². The largest absolute Gasteiger partial charge is 0.312 e. The van der Waals surface area contributed by atoms with Gasteiger partial charge in [-0.05, 0) is 37.9 Å². The minimum atomic E-state index is 0.267. The lowest BCUT2D eigenvalue weighted by Crippen LogP contribution is -2.13. The van der Waals surface area contributed by atoms with Crippen LogP contribution < -0.4 is 5.32 Å². The van der Waals surface area contributed by atoms with Crippen molar-refractivity contribution < 1.29 is 0 Å². The molecular formula is C11H15N5S. The summed E-state index contributed by atoms with van der Waals surface area (Å²) >= 11 is 1.56. The molecule has 0 aliphatic carbocycles. The maximum Gasteiger partial charge on any atom is 0.190 e. The number of hydrogen-bond donors (Lipinski definition) is 1. The van der Waals surface area contributed by atoms with Crippen LogP contribution in [0.5, 0.6) is 0 Å². The smallest absolute Gasteiger partial charge is 0.190 e. The summed E-state index contributed by atoms with van der Waals surface area (Å²) in [5, 5.41) is 8.05. The summed E-state index contributed by atoms with van der Waals surface area (Å²) in [6.07, 6.45) is 3.41. The normalized spacial score (nSPS) is 12.6. The fourth-order valence-electron chi connectivity index (χ4n) is 1.34. The molecule has 0 saturated heterocycles. The molecule has 0 spiro atoms. The average Bonchev–Trinajstić information content (AvgIpc) is 2.75. The van der Waals surface area contributed by atoms with Gasteiger partial charge in [0.1, 0.15) is 6.33 Å². The van der Waals surface area contributed by atoms with Crippen molar-refractivity contribution in [2.75, 3.05) is 7.05 Å². The highest BCUT2D eigenvalue weighted by Gasteiger charge is 2.06. The maximum absolute atomic E-state index is 4.42. The van der Waals surface area contributed by atoms with E-state index < -0.39 is 0 Å². The van der Waals surface area contributed by atoms with Gasteiger partial charge in [0.2, 0.25) is 0 Å². The van der Waals surface area contributed by atoms with Crippen LogP contribution in [0.1, 0.15) is 18.7 Å². The van der Waals surface area contributed by atoms with Crippen molar-refractivity contribution in [3.05, 3.63) is 30.4 Å². The van der Waals surface area contributed by atoms with Crippen molar-refractivity contribution in [1.82, 2.24) is 25.1 Å². The molecule has 0 radical (unpaired) electrons. The molecule has 0 aromatic carbocycles. The third kappa shape index (κ3) is 2.83. The third-order valence-corrected chi connectivity index (χ3v) is 3.54. The molecule has 2 aromatic rings. The van der Waals surface area contributed by atoms with E-state index in [4.69, 9.17) is 0 Å². The van der Waals surface area contributed by atoms with Crippen molar-refractivity contribution in [3.63, 3.8) is 0 Å². The molecule has 0 aliphatic heterocycles. The van der Waals surface area contributed by atoms with Crippen molar-refractivity contribution in [3.8, 4) is 0 Å². The van der Waals surface area contributed by atoms with Gasteiger partial charge in [-0.2, -0.15) is 5.10 Å². The van der Waals surface area contributed by atoms with Crippen LogP contribution in [0.25, 0.3) is 0 Å². The summed E-state index contributed by atoms with van der Waals surface area (Å²) < 4.78 is 1.74. The van der Waals surface area contributed by atoms with Crippen LogP contribution in [-0.2, 0) is 7.05 Å². The molecule has 1 N–H and O–H groups in total. The highest BCUT2D eigenvalue weighted by molar-refractivity contribution is 7.99. The van der Waals surface area contributed by atoms with Gasteiger partial charge in [-0.15, -0.1) is 0 Å². The van der Waals surface area contributed by atoms with Crippen molar-refractivity contribution >= 4 is 11.8 Å². The number of hydrogen-bond acceptors (Lipinski definition) is 5. The second kappa shape index (κ2) is 5.29. The first-order valence-corrected chi connectivity index (χ1v) is 6.17. The molecule has 5 nitrogen and oxygen atoms in total. The Hall–Kier alpha value is -1.40. The Morgan fingerprint density at radius 2 is 2.18 bits per heavy atom. The summed E-state index contributed by atoms with van der Waals surface area (Å²) in [6.45, 7) is 2.08. The number of nitrogens with zero attached hydrogens (tertiary/aromatic N) is 4. The number of pyridine rings is 1. The fourth-order valence-corrected chi connectivity index (χ4v) is 2.07. The molecular weight excluding hydrogens is 234 g/mol.